The first-order valence-corrected chi connectivity index (χ1v) is 9.08. The minimum absolute atomic E-state index is 0.0630. The summed E-state index contributed by atoms with van der Waals surface area (Å²) in [6.07, 6.45) is 1.16. The van der Waals surface area contributed by atoms with E-state index in [4.69, 9.17) is 0 Å². The highest BCUT2D eigenvalue weighted by Gasteiger charge is 2.14. The van der Waals surface area contributed by atoms with Crippen LogP contribution in [0, 0.1) is 5.82 Å². The van der Waals surface area contributed by atoms with Crippen LogP contribution in [0.2, 0.25) is 0 Å². The van der Waals surface area contributed by atoms with E-state index in [1.165, 1.54) is 11.0 Å². The predicted octanol–water partition coefficient (Wildman–Crippen LogP) is 2.64. The summed E-state index contributed by atoms with van der Waals surface area (Å²) in [7, 11) is -1.51. The van der Waals surface area contributed by atoms with Crippen molar-refractivity contribution in [3.63, 3.8) is 0 Å². The van der Waals surface area contributed by atoms with E-state index in [0.717, 1.165) is 6.26 Å². The van der Waals surface area contributed by atoms with E-state index in [-0.39, 0.29) is 24.0 Å². The second kappa shape index (κ2) is 6.91. The first-order chi connectivity index (χ1) is 10.8. The van der Waals surface area contributed by atoms with Crippen LogP contribution in [0.5, 0.6) is 0 Å². The Labute approximate surface area is 135 Å². The molecule has 6 heteroatoms. The SMILES string of the molecule is CN(Cc1ccccc1F)C(=O)c1ccc(CS(C)(=O)=O)cc1. The molecule has 0 atom stereocenters. The third kappa shape index (κ3) is 4.89. The molecule has 0 N–H and O–H groups in total. The van der Waals surface area contributed by atoms with E-state index in [9.17, 15) is 17.6 Å². The summed E-state index contributed by atoms with van der Waals surface area (Å²) < 4.78 is 36.1. The molecule has 2 rings (SSSR count). The number of rotatable bonds is 5. The standard InChI is InChI=1S/C17H18FNO3S/c1-19(11-15-5-3-4-6-16(15)18)17(20)14-9-7-13(8-10-14)12-23(2,21)22/h3-10H,11-12H2,1-2H3. The lowest BCUT2D eigenvalue weighted by Gasteiger charge is -2.18. The van der Waals surface area contributed by atoms with Crippen molar-refractivity contribution < 1.29 is 17.6 Å². The first kappa shape index (κ1) is 17.1. The average Bonchev–Trinajstić information content (AvgIpc) is 2.48. The third-order valence-electron chi connectivity index (χ3n) is 3.34. The van der Waals surface area contributed by atoms with Crippen molar-refractivity contribution in [1.82, 2.24) is 4.90 Å². The minimum atomic E-state index is -3.11. The molecule has 0 aliphatic rings. The molecule has 0 unspecified atom stereocenters. The van der Waals surface area contributed by atoms with E-state index in [1.54, 1.807) is 49.5 Å². The van der Waals surface area contributed by atoms with Gasteiger partial charge in [0.25, 0.3) is 5.91 Å². The Bertz CT molecular complexity index is 801. The molecule has 0 heterocycles. The van der Waals surface area contributed by atoms with Gasteiger partial charge in [-0.25, -0.2) is 12.8 Å². The fourth-order valence-electron chi connectivity index (χ4n) is 2.22. The lowest BCUT2D eigenvalue weighted by atomic mass is 10.1. The van der Waals surface area contributed by atoms with Gasteiger partial charge in [0, 0.05) is 31.0 Å². The molecule has 4 nitrogen and oxygen atoms in total. The predicted molar refractivity (Wildman–Crippen MR) is 87.2 cm³/mol. The maximum absolute atomic E-state index is 13.6. The summed E-state index contributed by atoms with van der Waals surface area (Å²) in [5.74, 6) is -0.665. The zero-order chi connectivity index (χ0) is 17.0. The number of amides is 1. The molecule has 0 fully saturated rings. The highest BCUT2D eigenvalue weighted by molar-refractivity contribution is 7.89. The van der Waals surface area contributed by atoms with E-state index >= 15 is 0 Å². The Kier molecular flexibility index (Phi) is 5.15. The minimum Gasteiger partial charge on any atom is -0.337 e. The number of carbonyl (C=O) groups is 1. The highest BCUT2D eigenvalue weighted by atomic mass is 32.2. The summed E-state index contributed by atoms with van der Waals surface area (Å²) in [4.78, 5) is 13.8. The number of sulfone groups is 1. The van der Waals surface area contributed by atoms with Crippen molar-refractivity contribution in [3.05, 3.63) is 71.0 Å². The van der Waals surface area contributed by atoms with E-state index < -0.39 is 9.84 Å². The Morgan fingerprint density at radius 3 is 2.26 bits per heavy atom. The molecule has 0 radical (unpaired) electrons. The Hall–Kier alpha value is -2.21. The van der Waals surface area contributed by atoms with Crippen LogP contribution in [0.15, 0.2) is 48.5 Å². The fraction of sp³-hybridized carbons (Fsp3) is 0.235. The quantitative estimate of drug-likeness (QED) is 0.844. The number of nitrogens with zero attached hydrogens (tertiary/aromatic N) is 1. The smallest absolute Gasteiger partial charge is 0.253 e. The van der Waals surface area contributed by atoms with Gasteiger partial charge in [0.1, 0.15) is 5.82 Å². The van der Waals surface area contributed by atoms with Gasteiger partial charge in [0.05, 0.1) is 5.75 Å². The maximum atomic E-state index is 13.6. The molecule has 0 bridgehead atoms. The van der Waals surface area contributed by atoms with E-state index in [1.807, 2.05) is 0 Å². The van der Waals surface area contributed by atoms with Gasteiger partial charge in [-0.1, -0.05) is 30.3 Å². The Morgan fingerprint density at radius 2 is 1.70 bits per heavy atom. The highest BCUT2D eigenvalue weighted by Crippen LogP contribution is 2.13. The van der Waals surface area contributed by atoms with Crippen molar-refractivity contribution in [1.29, 1.82) is 0 Å². The summed E-state index contributed by atoms with van der Waals surface area (Å²) in [6, 6.07) is 12.7. The molecule has 0 aliphatic carbocycles. The van der Waals surface area contributed by atoms with Crippen molar-refractivity contribution in [2.45, 2.75) is 12.3 Å². The largest absolute Gasteiger partial charge is 0.337 e. The molecule has 0 aromatic heterocycles. The van der Waals surface area contributed by atoms with Crippen LogP contribution in [0.3, 0.4) is 0 Å². The summed E-state index contributed by atoms with van der Waals surface area (Å²) in [5.41, 5.74) is 1.50. The zero-order valence-electron chi connectivity index (χ0n) is 13.0. The van der Waals surface area contributed by atoms with Gasteiger partial charge in [-0.2, -0.15) is 0 Å². The van der Waals surface area contributed by atoms with Gasteiger partial charge in [-0.05, 0) is 23.8 Å². The monoisotopic (exact) mass is 335 g/mol. The van der Waals surface area contributed by atoms with E-state index in [2.05, 4.69) is 0 Å². The Morgan fingerprint density at radius 1 is 1.09 bits per heavy atom. The molecule has 0 saturated heterocycles. The van der Waals surface area contributed by atoms with Crippen LogP contribution < -0.4 is 0 Å². The van der Waals surface area contributed by atoms with E-state index in [0.29, 0.717) is 16.7 Å². The molecule has 0 aliphatic heterocycles. The molecular weight excluding hydrogens is 317 g/mol. The number of hydrogen-bond acceptors (Lipinski definition) is 3. The fourth-order valence-corrected chi connectivity index (χ4v) is 3.02. The molecule has 0 saturated carbocycles. The van der Waals surface area contributed by atoms with Crippen molar-refractivity contribution in [2.24, 2.45) is 0 Å². The van der Waals surface area contributed by atoms with Crippen LogP contribution in [-0.2, 0) is 22.1 Å². The zero-order valence-corrected chi connectivity index (χ0v) is 13.8. The van der Waals surface area contributed by atoms with Crippen molar-refractivity contribution >= 4 is 15.7 Å². The van der Waals surface area contributed by atoms with Gasteiger partial charge in [0.2, 0.25) is 0 Å². The molecule has 122 valence electrons. The lowest BCUT2D eigenvalue weighted by molar-refractivity contribution is 0.0784. The number of hydrogen-bond donors (Lipinski definition) is 0. The summed E-state index contributed by atoms with van der Waals surface area (Å²) in [5, 5.41) is 0. The molecule has 2 aromatic carbocycles. The maximum Gasteiger partial charge on any atom is 0.253 e. The molecule has 1 amide bonds. The van der Waals surface area contributed by atoms with Crippen molar-refractivity contribution in [2.75, 3.05) is 13.3 Å². The topological polar surface area (TPSA) is 54.5 Å². The lowest BCUT2D eigenvalue weighted by Crippen LogP contribution is -2.26. The van der Waals surface area contributed by atoms with Crippen molar-refractivity contribution in [3.8, 4) is 0 Å². The molecule has 0 spiro atoms. The number of carbonyl (C=O) groups excluding carboxylic acids is 1. The van der Waals surface area contributed by atoms with Gasteiger partial charge >= 0.3 is 0 Å². The van der Waals surface area contributed by atoms with Crippen LogP contribution in [0.1, 0.15) is 21.5 Å². The molecule has 23 heavy (non-hydrogen) atoms. The second-order valence-corrected chi connectivity index (χ2v) is 7.66. The summed E-state index contributed by atoms with van der Waals surface area (Å²) in [6.45, 7) is 0.163. The van der Waals surface area contributed by atoms with Gasteiger partial charge < -0.3 is 4.90 Å². The van der Waals surface area contributed by atoms with Crippen LogP contribution in [0.4, 0.5) is 4.39 Å². The number of halogens is 1. The normalized spacial score (nSPS) is 11.3. The Balaban J connectivity index is 2.09. The summed E-state index contributed by atoms with van der Waals surface area (Å²) >= 11 is 0. The third-order valence-corrected chi connectivity index (χ3v) is 4.20. The second-order valence-electron chi connectivity index (χ2n) is 5.52. The first-order valence-electron chi connectivity index (χ1n) is 7.02. The van der Waals surface area contributed by atoms with Gasteiger partial charge in [-0.15, -0.1) is 0 Å². The average molecular weight is 335 g/mol. The van der Waals surface area contributed by atoms with Crippen LogP contribution >= 0.6 is 0 Å². The molecule has 2 aromatic rings. The van der Waals surface area contributed by atoms with Crippen LogP contribution in [-0.4, -0.2) is 32.5 Å². The van der Waals surface area contributed by atoms with Gasteiger partial charge in [-0.3, -0.25) is 4.79 Å². The van der Waals surface area contributed by atoms with Crippen LogP contribution in [0.25, 0.3) is 0 Å². The molecular formula is C17H18FNO3S. The number of benzene rings is 2. The van der Waals surface area contributed by atoms with Gasteiger partial charge in [0.15, 0.2) is 9.84 Å².